The molecule has 0 saturated carbocycles. The Morgan fingerprint density at radius 2 is 1.06 bits per heavy atom. The minimum atomic E-state index is -1.35. The molecule has 0 radical (unpaired) electrons. The first-order chi connectivity index (χ1) is 31.8. The van der Waals surface area contributed by atoms with E-state index in [4.69, 9.17) is 33.8 Å². The number of amides is 9. The van der Waals surface area contributed by atoms with Gasteiger partial charge in [0.2, 0.25) is 53.2 Å². The topological polar surface area (TPSA) is 420 Å². The molecule has 0 unspecified atom stereocenters. The van der Waals surface area contributed by atoms with E-state index in [9.17, 15) is 48.3 Å². The summed E-state index contributed by atoms with van der Waals surface area (Å²) in [6.07, 6.45) is 2.86. The third-order valence-corrected chi connectivity index (χ3v) is 11.9. The smallest absolute Gasteiger partial charge is 0.245 e. The third-order valence-electron chi connectivity index (χ3n) is 11.9. The minimum Gasteiger partial charge on any atom is -0.391 e. The number of nitrogens with one attached hydrogen (secondary N) is 9. The van der Waals surface area contributed by atoms with E-state index in [0.29, 0.717) is 51.5 Å². The van der Waals surface area contributed by atoms with E-state index >= 15 is 0 Å². The molecule has 26 nitrogen and oxygen atoms in total. The Morgan fingerprint density at radius 3 is 1.54 bits per heavy atom. The second-order valence-electron chi connectivity index (χ2n) is 17.1. The molecule has 0 bridgehead atoms. The van der Waals surface area contributed by atoms with Crippen molar-refractivity contribution in [1.29, 1.82) is 10.8 Å². The van der Waals surface area contributed by atoms with Crippen molar-refractivity contribution in [2.24, 2.45) is 22.9 Å². The second-order valence-corrected chi connectivity index (χ2v) is 17.1. The van der Waals surface area contributed by atoms with Crippen molar-refractivity contribution in [3.05, 3.63) is 0 Å². The lowest BCUT2D eigenvalue weighted by Crippen LogP contribution is -2.59. The first-order valence-electron chi connectivity index (χ1n) is 23.0. The summed E-state index contributed by atoms with van der Waals surface area (Å²) in [6.45, 7) is 3.35. The molecule has 3 saturated heterocycles. The number of nitrogens with zero attached hydrogens (tertiary/aromatic N) is 3. The lowest BCUT2D eigenvalue weighted by Gasteiger charge is -2.32. The Hall–Kier alpha value is -6.31. The predicted octanol–water partition coefficient (Wildman–Crippen LogP) is -5.44. The number of guanidine groups is 2. The zero-order valence-electron chi connectivity index (χ0n) is 38.5. The largest absolute Gasteiger partial charge is 0.391 e. The highest BCUT2D eigenvalue weighted by Gasteiger charge is 2.43. The number of carbonyl (C=O) groups is 9. The average molecular weight is 949 g/mol. The van der Waals surface area contributed by atoms with Crippen LogP contribution >= 0.6 is 0 Å². The molecule has 0 spiro atoms. The first kappa shape index (κ1) is 55.0. The second kappa shape index (κ2) is 27.4. The van der Waals surface area contributed by atoms with Crippen LogP contribution in [0.1, 0.15) is 97.3 Å². The highest BCUT2D eigenvalue weighted by atomic mass is 16.3. The molecule has 3 rings (SSSR count). The number of aliphatic hydroxyl groups excluding tert-OH is 1. The Balaban J connectivity index is 1.71. The van der Waals surface area contributed by atoms with Crippen LogP contribution in [0.3, 0.4) is 0 Å². The van der Waals surface area contributed by atoms with Crippen LogP contribution in [-0.4, -0.2) is 179 Å². The molecule has 18 N–H and O–H groups in total. The fourth-order valence-electron chi connectivity index (χ4n) is 8.50. The standard InChI is InChI=1S/C41H72N16O10/c1-23(58)32(51-24(2)59)37(65)54-26(10-3-4-16-42)38(66)57-21-9-15-30(57)36(64)53-27(12-6-18-49-41(46)47)39(67)56-20-8-13-28(56)34(62)50-22-31(60)55-19-7-14-29(55)35(63)52-25(33(43)61)11-5-17-48-40(44)45/h23,25-30,32,58H,3-22,42H2,1-2H3,(H2,43,61)(H,50,62)(H,51,59)(H,52,63)(H,53,64)(H,54,65)(H4,44,45,48)(H4,46,47,49)/t23-,25+,26+,27+,28+,29+,30+,32+/m1/s1. The molecule has 9 amide bonds. The SMILES string of the molecule is CC(=O)N[C@H](C(=O)N[C@@H](CCCCN)C(=O)N1CCC[C@H]1C(=O)N[C@@H](CCCNC(=N)N)C(=O)N1CCC[C@H]1C(=O)NCC(=O)N1CCC[C@H]1C(=O)N[C@@H](CCCNC(=N)N)C(N)=O)[C@@H](C)O. The van der Waals surface area contributed by atoms with E-state index in [-0.39, 0.29) is 83.2 Å². The van der Waals surface area contributed by atoms with Gasteiger partial charge < -0.3 is 80.0 Å². The Bertz CT molecular complexity index is 1800. The first-order valence-corrected chi connectivity index (χ1v) is 23.0. The van der Waals surface area contributed by atoms with Gasteiger partial charge >= 0.3 is 0 Å². The molecule has 8 atom stereocenters. The number of likely N-dealkylation sites (tertiary alicyclic amines) is 3. The molecule has 3 fully saturated rings. The number of primary amides is 1. The Kier molecular flexibility index (Phi) is 22.5. The third kappa shape index (κ3) is 17.1. The summed E-state index contributed by atoms with van der Waals surface area (Å²) in [5.41, 5.74) is 21.9. The van der Waals surface area contributed by atoms with Crippen molar-refractivity contribution in [2.75, 3.05) is 45.8 Å². The van der Waals surface area contributed by atoms with E-state index in [1.165, 1.54) is 28.5 Å². The van der Waals surface area contributed by atoms with Gasteiger partial charge in [0.1, 0.15) is 42.3 Å². The maximum absolute atomic E-state index is 14.3. The van der Waals surface area contributed by atoms with Gasteiger partial charge in [0.15, 0.2) is 11.9 Å². The van der Waals surface area contributed by atoms with Gasteiger partial charge in [-0.25, -0.2) is 0 Å². The van der Waals surface area contributed by atoms with Crippen LogP contribution in [0.2, 0.25) is 0 Å². The molecule has 3 aliphatic heterocycles. The number of aliphatic hydroxyl groups is 1. The monoisotopic (exact) mass is 949 g/mol. The van der Waals surface area contributed by atoms with Gasteiger partial charge in [0.25, 0.3) is 0 Å². The van der Waals surface area contributed by atoms with Crippen molar-refractivity contribution in [3.8, 4) is 0 Å². The van der Waals surface area contributed by atoms with Gasteiger partial charge in [-0.15, -0.1) is 0 Å². The lowest BCUT2D eigenvalue weighted by molar-refractivity contribution is -0.145. The van der Waals surface area contributed by atoms with Gasteiger partial charge in [-0.3, -0.25) is 54.0 Å². The summed E-state index contributed by atoms with van der Waals surface area (Å²) in [7, 11) is 0. The number of nitrogens with two attached hydrogens (primary N) is 4. The van der Waals surface area contributed by atoms with Crippen LogP contribution in [0.5, 0.6) is 0 Å². The number of carbonyl (C=O) groups excluding carboxylic acids is 9. The zero-order valence-corrected chi connectivity index (χ0v) is 38.5. The van der Waals surface area contributed by atoms with E-state index in [2.05, 4.69) is 37.2 Å². The van der Waals surface area contributed by atoms with Gasteiger partial charge in [0, 0.05) is 39.6 Å². The van der Waals surface area contributed by atoms with Crippen LogP contribution in [0.25, 0.3) is 0 Å². The highest BCUT2D eigenvalue weighted by molar-refractivity contribution is 5.98. The molecule has 376 valence electrons. The number of unbranched alkanes of at least 4 members (excludes halogenated alkanes) is 1. The van der Waals surface area contributed by atoms with Crippen LogP contribution in [0.15, 0.2) is 0 Å². The van der Waals surface area contributed by atoms with E-state index in [1.54, 1.807) is 0 Å². The van der Waals surface area contributed by atoms with Gasteiger partial charge in [-0.1, -0.05) is 0 Å². The maximum Gasteiger partial charge on any atom is 0.245 e. The molecule has 0 aromatic carbocycles. The minimum absolute atomic E-state index is 0.0564. The van der Waals surface area contributed by atoms with Gasteiger partial charge in [-0.05, 0) is 96.9 Å². The molecule has 0 aliphatic carbocycles. The summed E-state index contributed by atoms with van der Waals surface area (Å²) >= 11 is 0. The molecule has 67 heavy (non-hydrogen) atoms. The van der Waals surface area contributed by atoms with Crippen LogP contribution in [-0.2, 0) is 43.2 Å². The zero-order chi connectivity index (χ0) is 49.8. The molecular formula is C41H72N16O10. The summed E-state index contributed by atoms with van der Waals surface area (Å²) in [5, 5.41) is 43.3. The maximum atomic E-state index is 14.3. The van der Waals surface area contributed by atoms with Gasteiger partial charge in [-0.2, -0.15) is 0 Å². The van der Waals surface area contributed by atoms with Crippen molar-refractivity contribution >= 4 is 65.1 Å². The molecule has 0 aromatic heterocycles. The number of rotatable bonds is 26. The Labute approximate surface area is 389 Å². The number of hydrogen-bond donors (Lipinski definition) is 14. The summed E-state index contributed by atoms with van der Waals surface area (Å²) in [4.78, 5) is 124. The number of hydrogen-bond acceptors (Lipinski definition) is 13. The van der Waals surface area contributed by atoms with Crippen LogP contribution < -0.4 is 60.2 Å². The predicted molar refractivity (Wildman–Crippen MR) is 243 cm³/mol. The normalized spacial score (nSPS) is 20.1. The van der Waals surface area contributed by atoms with Crippen LogP contribution in [0, 0.1) is 10.8 Å². The van der Waals surface area contributed by atoms with Crippen molar-refractivity contribution < 1.29 is 48.3 Å². The summed E-state index contributed by atoms with van der Waals surface area (Å²) in [6, 6.07) is -7.65. The van der Waals surface area contributed by atoms with Gasteiger partial charge in [0.05, 0.1) is 12.6 Å². The van der Waals surface area contributed by atoms with Crippen molar-refractivity contribution in [3.63, 3.8) is 0 Å². The summed E-state index contributed by atoms with van der Waals surface area (Å²) < 4.78 is 0. The van der Waals surface area contributed by atoms with E-state index in [0.717, 1.165) is 0 Å². The molecule has 0 aromatic rings. The highest BCUT2D eigenvalue weighted by Crippen LogP contribution is 2.24. The quantitative estimate of drug-likeness (QED) is 0.0219. The van der Waals surface area contributed by atoms with Crippen LogP contribution in [0.4, 0.5) is 0 Å². The average Bonchev–Trinajstić information content (AvgIpc) is 4.07. The molecular weight excluding hydrogens is 877 g/mol. The molecule has 26 heteroatoms. The fourth-order valence-corrected chi connectivity index (χ4v) is 8.50. The molecule has 3 heterocycles. The lowest BCUT2D eigenvalue weighted by atomic mass is 10.0. The summed E-state index contributed by atoms with van der Waals surface area (Å²) in [5.74, 6) is -6.22. The Morgan fingerprint density at radius 1 is 0.612 bits per heavy atom. The van der Waals surface area contributed by atoms with Crippen molar-refractivity contribution in [1.82, 2.24) is 51.9 Å². The molecule has 3 aliphatic rings. The van der Waals surface area contributed by atoms with E-state index in [1.807, 2.05) is 0 Å². The van der Waals surface area contributed by atoms with Crippen molar-refractivity contribution in [2.45, 2.75) is 146 Å². The van der Waals surface area contributed by atoms with E-state index < -0.39 is 108 Å². The fraction of sp³-hybridized carbons (Fsp3) is 0.732.